The van der Waals surface area contributed by atoms with Gasteiger partial charge in [0, 0.05) is 0 Å². The summed E-state index contributed by atoms with van der Waals surface area (Å²) in [5, 5.41) is 17.6. The van der Waals surface area contributed by atoms with Crippen molar-refractivity contribution in [3.8, 4) is 0 Å². The summed E-state index contributed by atoms with van der Waals surface area (Å²) in [6, 6.07) is 0. The first-order valence-corrected chi connectivity index (χ1v) is 5.58. The van der Waals surface area contributed by atoms with Gasteiger partial charge in [0.1, 0.15) is 0 Å². The van der Waals surface area contributed by atoms with E-state index in [9.17, 15) is 19.2 Å². The summed E-state index contributed by atoms with van der Waals surface area (Å²) < 4.78 is 9.22. The molecule has 0 rings (SSSR count). The van der Waals surface area contributed by atoms with Crippen molar-refractivity contribution >= 4 is 23.9 Å². The van der Waals surface area contributed by atoms with E-state index in [0.717, 1.165) is 0 Å². The topological polar surface area (TPSA) is 127 Å². The molecule has 8 heteroatoms. The average Bonchev–Trinajstić information content (AvgIpc) is 2.27. The van der Waals surface area contributed by atoms with E-state index in [1.165, 1.54) is 13.8 Å². The predicted octanol–water partition coefficient (Wildman–Crippen LogP) is 0.0484. The molecule has 0 aliphatic heterocycles. The summed E-state index contributed by atoms with van der Waals surface area (Å²) in [6.45, 7) is 2.68. The van der Waals surface area contributed by atoms with Crippen LogP contribution in [0.25, 0.3) is 0 Å². The Morgan fingerprint density at radius 1 is 0.842 bits per heavy atom. The maximum Gasteiger partial charge on any atom is 0.324 e. The second-order valence-corrected chi connectivity index (χ2v) is 3.66. The van der Waals surface area contributed by atoms with Gasteiger partial charge in [-0.2, -0.15) is 0 Å². The molecule has 0 fully saturated rings. The number of hydrogen-bond donors (Lipinski definition) is 2. The molecule has 0 heterocycles. The molecule has 19 heavy (non-hydrogen) atoms. The molecule has 0 aliphatic rings. The minimum absolute atomic E-state index is 0.112. The molecule has 0 aliphatic carbocycles. The Morgan fingerprint density at radius 2 is 1.16 bits per heavy atom. The zero-order valence-electron chi connectivity index (χ0n) is 10.7. The monoisotopic (exact) mass is 276 g/mol. The summed E-state index contributed by atoms with van der Waals surface area (Å²) in [7, 11) is 0. The first-order valence-electron chi connectivity index (χ1n) is 5.58. The highest BCUT2D eigenvalue weighted by molar-refractivity contribution is 6.05. The van der Waals surface area contributed by atoms with E-state index < -0.39 is 42.1 Å². The summed E-state index contributed by atoms with van der Waals surface area (Å²) in [4.78, 5) is 45.2. The molecule has 0 aromatic carbocycles. The minimum atomic E-state index is -2.36. The van der Waals surface area contributed by atoms with E-state index in [1.807, 2.05) is 0 Å². The quantitative estimate of drug-likeness (QED) is 0.470. The first-order chi connectivity index (χ1) is 8.80. The highest BCUT2D eigenvalue weighted by atomic mass is 16.6. The molecule has 0 aromatic heterocycles. The molecule has 0 bridgehead atoms. The normalized spacial score (nSPS) is 10.6. The predicted molar refractivity (Wildman–Crippen MR) is 60.2 cm³/mol. The maximum absolute atomic E-state index is 11.8. The smallest absolute Gasteiger partial charge is 0.324 e. The highest BCUT2D eigenvalue weighted by Crippen LogP contribution is 2.31. The van der Waals surface area contributed by atoms with Gasteiger partial charge in [-0.25, -0.2) is 0 Å². The Labute approximate surface area is 109 Å². The molecule has 2 N–H and O–H groups in total. The van der Waals surface area contributed by atoms with Gasteiger partial charge in [-0.05, 0) is 13.8 Å². The molecule has 0 aromatic rings. The van der Waals surface area contributed by atoms with Crippen LogP contribution in [0.4, 0.5) is 0 Å². The summed E-state index contributed by atoms with van der Waals surface area (Å²) in [6.07, 6.45) is -2.01. The molecule has 0 spiro atoms. The first kappa shape index (κ1) is 16.9. The van der Waals surface area contributed by atoms with Crippen LogP contribution in [-0.2, 0) is 28.7 Å². The lowest BCUT2D eigenvalue weighted by atomic mass is 9.81. The molecular weight excluding hydrogens is 260 g/mol. The van der Waals surface area contributed by atoms with Crippen LogP contribution in [0.2, 0.25) is 0 Å². The van der Waals surface area contributed by atoms with Crippen LogP contribution in [0.1, 0.15) is 26.7 Å². The van der Waals surface area contributed by atoms with Crippen LogP contribution in [0, 0.1) is 5.41 Å². The Bertz CT molecular complexity index is 337. The number of hydrogen-bond acceptors (Lipinski definition) is 6. The summed E-state index contributed by atoms with van der Waals surface area (Å²) in [5.74, 6) is -5.42. The number of carboxylic acids is 2. The SMILES string of the molecule is CCOC(=O)C(CC(=O)O)(CC(=O)O)C(=O)OCC. The van der Waals surface area contributed by atoms with Gasteiger partial charge in [0.05, 0.1) is 26.1 Å². The van der Waals surface area contributed by atoms with Gasteiger partial charge in [0.2, 0.25) is 0 Å². The molecule has 8 nitrogen and oxygen atoms in total. The van der Waals surface area contributed by atoms with E-state index in [-0.39, 0.29) is 13.2 Å². The van der Waals surface area contributed by atoms with Crippen LogP contribution >= 0.6 is 0 Å². The van der Waals surface area contributed by atoms with Crippen LogP contribution in [-0.4, -0.2) is 47.3 Å². The molecule has 0 atom stereocenters. The fourth-order valence-corrected chi connectivity index (χ4v) is 1.49. The molecule has 108 valence electrons. The van der Waals surface area contributed by atoms with Gasteiger partial charge in [-0.3, -0.25) is 19.2 Å². The van der Waals surface area contributed by atoms with Crippen molar-refractivity contribution in [2.75, 3.05) is 13.2 Å². The Hall–Kier alpha value is -2.12. The van der Waals surface area contributed by atoms with Crippen molar-refractivity contribution < 1.29 is 38.9 Å². The number of ether oxygens (including phenoxy) is 2. The van der Waals surface area contributed by atoms with Crippen LogP contribution < -0.4 is 0 Å². The number of aliphatic carboxylic acids is 2. The third kappa shape index (κ3) is 4.57. The number of carbonyl (C=O) groups excluding carboxylic acids is 2. The lowest BCUT2D eigenvalue weighted by molar-refractivity contribution is -0.179. The second kappa shape index (κ2) is 7.34. The van der Waals surface area contributed by atoms with Crippen LogP contribution in [0.15, 0.2) is 0 Å². The maximum atomic E-state index is 11.8. The second-order valence-electron chi connectivity index (χ2n) is 3.66. The van der Waals surface area contributed by atoms with Crippen molar-refractivity contribution in [2.45, 2.75) is 26.7 Å². The minimum Gasteiger partial charge on any atom is -0.481 e. The number of carbonyl (C=O) groups is 4. The highest BCUT2D eigenvalue weighted by Gasteiger charge is 2.52. The molecule has 0 saturated carbocycles. The number of esters is 2. The Balaban J connectivity index is 5.54. The third-order valence-electron chi connectivity index (χ3n) is 2.24. The Morgan fingerprint density at radius 3 is 1.37 bits per heavy atom. The van der Waals surface area contributed by atoms with Gasteiger partial charge in [-0.15, -0.1) is 0 Å². The summed E-state index contributed by atoms with van der Waals surface area (Å²) >= 11 is 0. The van der Waals surface area contributed by atoms with Crippen molar-refractivity contribution in [3.63, 3.8) is 0 Å². The molecular formula is C11H16O8. The lowest BCUT2D eigenvalue weighted by Crippen LogP contribution is -2.45. The number of rotatable bonds is 8. The average molecular weight is 276 g/mol. The molecule has 0 unspecified atom stereocenters. The van der Waals surface area contributed by atoms with E-state index in [0.29, 0.717) is 0 Å². The summed E-state index contributed by atoms with van der Waals surface area (Å²) in [5.41, 5.74) is -2.36. The fourth-order valence-electron chi connectivity index (χ4n) is 1.49. The van der Waals surface area contributed by atoms with Gasteiger partial charge in [0.15, 0.2) is 5.41 Å². The van der Waals surface area contributed by atoms with Crippen molar-refractivity contribution in [2.24, 2.45) is 5.41 Å². The lowest BCUT2D eigenvalue weighted by Gasteiger charge is -2.25. The van der Waals surface area contributed by atoms with Crippen molar-refractivity contribution in [3.05, 3.63) is 0 Å². The van der Waals surface area contributed by atoms with Gasteiger partial charge in [0.25, 0.3) is 0 Å². The standard InChI is InChI=1S/C11H16O8/c1-3-18-9(16)11(5-7(12)13,6-8(14)15)10(17)19-4-2/h3-6H2,1-2H3,(H,12,13)(H,14,15). The largest absolute Gasteiger partial charge is 0.481 e. The van der Waals surface area contributed by atoms with Gasteiger partial charge in [-0.1, -0.05) is 0 Å². The molecule has 0 saturated heterocycles. The van der Waals surface area contributed by atoms with E-state index in [2.05, 4.69) is 9.47 Å². The fraction of sp³-hybridized carbons (Fsp3) is 0.636. The zero-order valence-corrected chi connectivity index (χ0v) is 10.7. The van der Waals surface area contributed by atoms with E-state index in [1.54, 1.807) is 0 Å². The van der Waals surface area contributed by atoms with Gasteiger partial charge < -0.3 is 19.7 Å². The third-order valence-corrected chi connectivity index (χ3v) is 2.24. The zero-order chi connectivity index (χ0) is 15.1. The molecule has 0 radical (unpaired) electrons. The van der Waals surface area contributed by atoms with Crippen molar-refractivity contribution in [1.82, 2.24) is 0 Å². The van der Waals surface area contributed by atoms with Crippen LogP contribution in [0.3, 0.4) is 0 Å². The Kier molecular flexibility index (Phi) is 6.53. The molecule has 0 amide bonds. The van der Waals surface area contributed by atoms with E-state index in [4.69, 9.17) is 10.2 Å². The van der Waals surface area contributed by atoms with Crippen molar-refractivity contribution in [1.29, 1.82) is 0 Å². The van der Waals surface area contributed by atoms with Gasteiger partial charge >= 0.3 is 23.9 Å². The van der Waals surface area contributed by atoms with Crippen LogP contribution in [0.5, 0.6) is 0 Å². The van der Waals surface area contributed by atoms with E-state index >= 15 is 0 Å². The number of carboxylic acid groups (broad SMARTS) is 2.